The summed E-state index contributed by atoms with van der Waals surface area (Å²) in [7, 11) is 1.57. The van der Waals surface area contributed by atoms with Crippen molar-refractivity contribution in [2.24, 2.45) is 0 Å². The van der Waals surface area contributed by atoms with Crippen molar-refractivity contribution in [3.05, 3.63) is 127 Å². The largest absolute Gasteiger partial charge is 0.495 e. The van der Waals surface area contributed by atoms with E-state index in [9.17, 15) is 9.59 Å². The Morgan fingerprint density at radius 3 is 2.43 bits per heavy atom. The minimum atomic E-state index is -0.158. The lowest BCUT2D eigenvalue weighted by Gasteiger charge is -2.11. The van der Waals surface area contributed by atoms with Crippen molar-refractivity contribution in [2.75, 3.05) is 29.2 Å². The van der Waals surface area contributed by atoms with Gasteiger partial charge in [-0.1, -0.05) is 96.3 Å². The Hall–Kier alpha value is -5.17. The number of amides is 2. The molecule has 0 radical (unpaired) electrons. The lowest BCUT2D eigenvalue weighted by atomic mass is 10.0. The zero-order valence-corrected chi connectivity index (χ0v) is 28.8. The average Bonchev–Trinajstić information content (AvgIpc) is 3.74. The van der Waals surface area contributed by atoms with Crippen molar-refractivity contribution in [1.82, 2.24) is 19.7 Å². The lowest BCUT2D eigenvalue weighted by Crippen LogP contribution is -2.14. The number of anilines is 2. The SMILES string of the molecule is COc1ccccc1NC(=O)CSc1nc2ccc(NC(=O)CSc3nnc(Cc4cccc5ccccc45)n3-c3ccccc3)cc2s1. The van der Waals surface area contributed by atoms with E-state index in [2.05, 4.69) is 56.1 Å². The molecule has 7 aromatic rings. The summed E-state index contributed by atoms with van der Waals surface area (Å²) in [5, 5.41) is 18.0. The number of ether oxygens (including phenoxy) is 1. The summed E-state index contributed by atoms with van der Waals surface area (Å²) < 4.78 is 9.02. The average molecular weight is 703 g/mol. The van der Waals surface area contributed by atoms with Crippen LogP contribution in [0.4, 0.5) is 11.4 Å². The van der Waals surface area contributed by atoms with Crippen LogP contribution in [0.25, 0.3) is 26.7 Å². The van der Waals surface area contributed by atoms with E-state index in [1.807, 2.05) is 77.4 Å². The van der Waals surface area contributed by atoms with E-state index in [0.29, 0.717) is 28.7 Å². The van der Waals surface area contributed by atoms with Gasteiger partial charge in [0.2, 0.25) is 11.8 Å². The van der Waals surface area contributed by atoms with Gasteiger partial charge >= 0.3 is 0 Å². The fraction of sp³-hybridized carbons (Fsp3) is 0.108. The minimum Gasteiger partial charge on any atom is -0.495 e. The number of hydrogen-bond donors (Lipinski definition) is 2. The van der Waals surface area contributed by atoms with Crippen molar-refractivity contribution in [3.63, 3.8) is 0 Å². The first-order valence-corrected chi connectivity index (χ1v) is 18.2. The van der Waals surface area contributed by atoms with E-state index in [0.717, 1.165) is 31.6 Å². The van der Waals surface area contributed by atoms with E-state index >= 15 is 0 Å². The molecular formula is C37H30N6O3S3. The van der Waals surface area contributed by atoms with E-state index < -0.39 is 0 Å². The third-order valence-corrected chi connectivity index (χ3v) is 10.7. The van der Waals surface area contributed by atoms with E-state index in [1.54, 1.807) is 19.2 Å². The van der Waals surface area contributed by atoms with Gasteiger partial charge in [0.1, 0.15) is 11.6 Å². The fourth-order valence-electron chi connectivity index (χ4n) is 5.39. The van der Waals surface area contributed by atoms with Crippen molar-refractivity contribution < 1.29 is 14.3 Å². The highest BCUT2D eigenvalue weighted by molar-refractivity contribution is 8.01. The van der Waals surface area contributed by atoms with Crippen LogP contribution in [0.2, 0.25) is 0 Å². The Kier molecular flexibility index (Phi) is 9.87. The molecule has 0 saturated carbocycles. The van der Waals surface area contributed by atoms with Crippen LogP contribution < -0.4 is 15.4 Å². The molecule has 5 aromatic carbocycles. The van der Waals surface area contributed by atoms with Crippen molar-refractivity contribution in [2.45, 2.75) is 15.9 Å². The number of aromatic nitrogens is 4. The molecule has 0 aliphatic heterocycles. The van der Waals surface area contributed by atoms with E-state index in [4.69, 9.17) is 4.74 Å². The molecule has 2 N–H and O–H groups in total. The molecule has 9 nitrogen and oxygen atoms in total. The van der Waals surface area contributed by atoms with Crippen LogP contribution in [0.1, 0.15) is 11.4 Å². The van der Waals surface area contributed by atoms with E-state index in [-0.39, 0.29) is 23.3 Å². The highest BCUT2D eigenvalue weighted by Crippen LogP contribution is 2.32. The molecule has 244 valence electrons. The summed E-state index contributed by atoms with van der Waals surface area (Å²) in [4.78, 5) is 30.4. The zero-order valence-electron chi connectivity index (χ0n) is 26.3. The number of nitrogens with one attached hydrogen (secondary N) is 2. The Labute approximate surface area is 295 Å². The molecule has 0 unspecified atom stereocenters. The molecule has 0 saturated heterocycles. The highest BCUT2D eigenvalue weighted by atomic mass is 32.2. The molecular weight excluding hydrogens is 673 g/mol. The first-order chi connectivity index (χ1) is 24.0. The third kappa shape index (κ3) is 7.62. The van der Waals surface area contributed by atoms with Crippen molar-refractivity contribution in [1.29, 1.82) is 0 Å². The Morgan fingerprint density at radius 2 is 1.55 bits per heavy atom. The lowest BCUT2D eigenvalue weighted by molar-refractivity contribution is -0.114. The number of hydrogen-bond acceptors (Lipinski definition) is 9. The first kappa shape index (κ1) is 32.4. The molecule has 12 heteroatoms. The smallest absolute Gasteiger partial charge is 0.234 e. The second kappa shape index (κ2) is 14.9. The second-order valence-electron chi connectivity index (χ2n) is 10.9. The van der Waals surface area contributed by atoms with E-state index in [1.165, 1.54) is 45.6 Å². The van der Waals surface area contributed by atoms with Crippen LogP contribution in [0.5, 0.6) is 5.75 Å². The monoisotopic (exact) mass is 702 g/mol. The summed E-state index contributed by atoms with van der Waals surface area (Å²) in [5.74, 6) is 1.46. The molecule has 0 spiro atoms. The van der Waals surface area contributed by atoms with Gasteiger partial charge < -0.3 is 15.4 Å². The first-order valence-electron chi connectivity index (χ1n) is 15.4. The Balaban J connectivity index is 1.00. The van der Waals surface area contributed by atoms with Crippen LogP contribution in [0.3, 0.4) is 0 Å². The third-order valence-electron chi connectivity index (χ3n) is 7.64. The summed E-state index contributed by atoms with van der Waals surface area (Å²) >= 11 is 4.18. The number of carbonyl (C=O) groups excluding carboxylic acids is 2. The van der Waals surface area contributed by atoms with Crippen molar-refractivity contribution in [3.8, 4) is 11.4 Å². The molecule has 0 bridgehead atoms. The van der Waals surface area contributed by atoms with Gasteiger partial charge in [-0.25, -0.2) is 4.98 Å². The maximum Gasteiger partial charge on any atom is 0.234 e. The fourth-order valence-corrected chi connectivity index (χ4v) is 8.07. The predicted octanol–water partition coefficient (Wildman–Crippen LogP) is 8.09. The molecule has 0 fully saturated rings. The number of fused-ring (bicyclic) bond motifs is 2. The molecule has 2 aromatic heterocycles. The molecule has 49 heavy (non-hydrogen) atoms. The van der Waals surface area contributed by atoms with Gasteiger partial charge in [-0.3, -0.25) is 14.2 Å². The number of methoxy groups -OCH3 is 1. The van der Waals surface area contributed by atoms with Gasteiger partial charge in [0, 0.05) is 17.8 Å². The summed E-state index contributed by atoms with van der Waals surface area (Å²) in [6.45, 7) is 0. The maximum absolute atomic E-state index is 13.1. The van der Waals surface area contributed by atoms with Crippen LogP contribution in [-0.4, -0.2) is 50.2 Å². The van der Waals surface area contributed by atoms with Crippen molar-refractivity contribution >= 4 is 79.0 Å². The van der Waals surface area contributed by atoms with Gasteiger partial charge in [0.25, 0.3) is 0 Å². The second-order valence-corrected chi connectivity index (χ2v) is 14.1. The maximum atomic E-state index is 13.1. The number of rotatable bonds is 12. The van der Waals surface area contributed by atoms with Gasteiger partial charge in [-0.05, 0) is 58.8 Å². The van der Waals surface area contributed by atoms with Crippen LogP contribution >= 0.6 is 34.9 Å². The number of carbonyl (C=O) groups is 2. The quantitative estimate of drug-likeness (QED) is 0.123. The number of nitrogens with zero attached hydrogens (tertiary/aromatic N) is 4. The zero-order chi connectivity index (χ0) is 33.6. The standard InChI is InChI=1S/C37H30N6O3S3/c1-46-31-17-8-7-16-29(31)39-35(45)23-48-37-40-30-19-18-26(21-32(30)49-37)38-34(44)22-47-36-42-41-33(43(36)27-13-3-2-4-14-27)20-25-12-9-11-24-10-5-6-15-28(24)25/h2-19,21H,20,22-23H2,1H3,(H,38,44)(H,39,45). The topological polar surface area (TPSA) is 111 Å². The van der Waals surface area contributed by atoms with Crippen LogP contribution in [-0.2, 0) is 16.0 Å². The molecule has 7 rings (SSSR count). The molecule has 2 amide bonds. The number of thioether (sulfide) groups is 2. The normalized spacial score (nSPS) is 11.1. The molecule has 2 heterocycles. The highest BCUT2D eigenvalue weighted by Gasteiger charge is 2.18. The number of thiazole rings is 1. The van der Waals surface area contributed by atoms with Crippen LogP contribution in [0, 0.1) is 0 Å². The number of para-hydroxylation sites is 3. The molecule has 0 aliphatic rings. The summed E-state index contributed by atoms with van der Waals surface area (Å²) in [5.41, 5.74) is 4.20. The Morgan fingerprint density at radius 1 is 0.796 bits per heavy atom. The summed E-state index contributed by atoms with van der Waals surface area (Å²) in [6, 6.07) is 37.5. The molecule has 0 aliphatic carbocycles. The Bertz CT molecular complexity index is 2270. The minimum absolute atomic E-state index is 0.150. The van der Waals surface area contributed by atoms with Gasteiger partial charge in [-0.2, -0.15) is 0 Å². The van der Waals surface area contributed by atoms with Crippen LogP contribution in [0.15, 0.2) is 125 Å². The number of benzene rings is 5. The predicted molar refractivity (Wildman–Crippen MR) is 199 cm³/mol. The van der Waals surface area contributed by atoms with Gasteiger partial charge in [-0.15, -0.1) is 21.5 Å². The summed E-state index contributed by atoms with van der Waals surface area (Å²) in [6.07, 6.45) is 0.595. The molecule has 0 atom stereocenters. The van der Waals surface area contributed by atoms with Gasteiger partial charge in [0.05, 0.1) is 34.5 Å². The van der Waals surface area contributed by atoms with Gasteiger partial charge in [0.15, 0.2) is 9.50 Å².